The van der Waals surface area contributed by atoms with Crippen LogP contribution in [0.2, 0.25) is 0 Å². The van der Waals surface area contributed by atoms with Gasteiger partial charge < -0.3 is 9.47 Å². The minimum absolute atomic E-state index is 0.365. The molecular weight excluding hydrogens is 244 g/mol. The Balaban J connectivity index is 2.20. The number of carbonyl (C=O) groups is 1. The van der Waals surface area contributed by atoms with Crippen LogP contribution in [0.4, 0.5) is 0 Å². The number of amides is 1. The number of nitrogens with two attached hydrogens (primary N) is 1. The maximum absolute atomic E-state index is 11.4. The lowest BCUT2D eigenvalue weighted by atomic mass is 10.2. The van der Waals surface area contributed by atoms with Gasteiger partial charge in [-0.3, -0.25) is 10.2 Å². The highest BCUT2D eigenvalue weighted by atomic mass is 16.5. The molecule has 0 heterocycles. The van der Waals surface area contributed by atoms with Gasteiger partial charge in [0.25, 0.3) is 5.91 Å². The lowest BCUT2D eigenvalue weighted by molar-refractivity contribution is 0.0953. The van der Waals surface area contributed by atoms with Crippen LogP contribution in [0.25, 0.3) is 0 Å². The van der Waals surface area contributed by atoms with E-state index in [0.29, 0.717) is 22.8 Å². The minimum Gasteiger partial charge on any atom is -0.497 e. The molecule has 5 nitrogen and oxygen atoms in total. The molecule has 0 atom stereocenters. The number of nitrogen functional groups attached to an aromatic ring is 1. The van der Waals surface area contributed by atoms with E-state index in [2.05, 4.69) is 5.43 Å². The molecule has 0 aliphatic heterocycles. The molecule has 2 rings (SSSR count). The minimum atomic E-state index is -0.365. The number of rotatable bonds is 4. The van der Waals surface area contributed by atoms with Crippen molar-refractivity contribution in [3.63, 3.8) is 0 Å². The topological polar surface area (TPSA) is 73.6 Å². The van der Waals surface area contributed by atoms with Crippen LogP contribution in [0.5, 0.6) is 17.2 Å². The first-order chi connectivity index (χ1) is 9.22. The van der Waals surface area contributed by atoms with Crippen molar-refractivity contribution in [1.29, 1.82) is 0 Å². The molecule has 19 heavy (non-hydrogen) atoms. The van der Waals surface area contributed by atoms with Crippen molar-refractivity contribution in [3.8, 4) is 17.2 Å². The first-order valence-corrected chi connectivity index (χ1v) is 5.66. The monoisotopic (exact) mass is 258 g/mol. The SMILES string of the molecule is COc1cccc(Oc2cccc(C(=O)NN)c2)c1. The van der Waals surface area contributed by atoms with Gasteiger partial charge in [0, 0.05) is 11.6 Å². The molecule has 3 N–H and O–H groups in total. The Hall–Kier alpha value is -2.53. The first kappa shape index (κ1) is 12.9. The Labute approximate surface area is 110 Å². The number of hydrogen-bond acceptors (Lipinski definition) is 4. The summed E-state index contributed by atoms with van der Waals surface area (Å²) in [6.45, 7) is 0. The second kappa shape index (κ2) is 5.88. The number of ether oxygens (including phenoxy) is 2. The summed E-state index contributed by atoms with van der Waals surface area (Å²) in [7, 11) is 1.59. The number of methoxy groups -OCH3 is 1. The second-order valence-electron chi connectivity index (χ2n) is 3.78. The van der Waals surface area contributed by atoms with Crippen LogP contribution in [0, 0.1) is 0 Å². The van der Waals surface area contributed by atoms with Gasteiger partial charge in [0.15, 0.2) is 0 Å². The van der Waals surface area contributed by atoms with E-state index in [9.17, 15) is 4.79 Å². The van der Waals surface area contributed by atoms with Crippen LogP contribution < -0.4 is 20.7 Å². The number of hydrogen-bond donors (Lipinski definition) is 2. The van der Waals surface area contributed by atoms with E-state index in [1.54, 1.807) is 43.5 Å². The van der Waals surface area contributed by atoms with Crippen LogP contribution in [-0.2, 0) is 0 Å². The van der Waals surface area contributed by atoms with Gasteiger partial charge in [-0.25, -0.2) is 5.84 Å². The van der Waals surface area contributed by atoms with E-state index in [0.717, 1.165) is 0 Å². The Morgan fingerprint density at radius 2 is 1.68 bits per heavy atom. The molecule has 0 fully saturated rings. The largest absolute Gasteiger partial charge is 0.497 e. The summed E-state index contributed by atoms with van der Waals surface area (Å²) in [6, 6.07) is 14.0. The summed E-state index contributed by atoms with van der Waals surface area (Å²) in [5.74, 6) is 6.60. The van der Waals surface area contributed by atoms with Gasteiger partial charge >= 0.3 is 0 Å². The smallest absolute Gasteiger partial charge is 0.265 e. The molecule has 0 aromatic heterocycles. The molecule has 0 aliphatic rings. The van der Waals surface area contributed by atoms with Gasteiger partial charge in [0.2, 0.25) is 0 Å². The summed E-state index contributed by atoms with van der Waals surface area (Å²) in [6.07, 6.45) is 0. The van der Waals surface area contributed by atoms with E-state index in [4.69, 9.17) is 15.3 Å². The summed E-state index contributed by atoms with van der Waals surface area (Å²) in [5.41, 5.74) is 2.51. The number of hydrazine groups is 1. The Kier molecular flexibility index (Phi) is 4.00. The molecule has 5 heteroatoms. The van der Waals surface area contributed by atoms with E-state index < -0.39 is 0 Å². The Bertz CT molecular complexity index is 584. The first-order valence-electron chi connectivity index (χ1n) is 5.66. The third-order valence-electron chi connectivity index (χ3n) is 2.50. The van der Waals surface area contributed by atoms with Gasteiger partial charge in [-0.05, 0) is 30.3 Å². The van der Waals surface area contributed by atoms with Crippen LogP contribution in [-0.4, -0.2) is 13.0 Å². The molecule has 0 saturated carbocycles. The van der Waals surface area contributed by atoms with Crippen molar-refractivity contribution in [2.45, 2.75) is 0 Å². The molecule has 0 saturated heterocycles. The van der Waals surface area contributed by atoms with Crippen molar-refractivity contribution in [1.82, 2.24) is 5.43 Å². The van der Waals surface area contributed by atoms with Gasteiger partial charge in [-0.2, -0.15) is 0 Å². The molecule has 0 spiro atoms. The van der Waals surface area contributed by atoms with Gasteiger partial charge in [-0.1, -0.05) is 12.1 Å². The van der Waals surface area contributed by atoms with Crippen molar-refractivity contribution in [2.75, 3.05) is 7.11 Å². The van der Waals surface area contributed by atoms with Gasteiger partial charge in [0.1, 0.15) is 17.2 Å². The molecule has 2 aromatic carbocycles. The average molecular weight is 258 g/mol. The van der Waals surface area contributed by atoms with Crippen molar-refractivity contribution in [2.24, 2.45) is 5.84 Å². The summed E-state index contributed by atoms with van der Waals surface area (Å²) >= 11 is 0. The number of nitrogens with one attached hydrogen (secondary N) is 1. The number of benzene rings is 2. The molecule has 0 radical (unpaired) electrons. The van der Waals surface area contributed by atoms with Crippen molar-refractivity contribution in [3.05, 3.63) is 54.1 Å². The highest BCUT2D eigenvalue weighted by Crippen LogP contribution is 2.25. The van der Waals surface area contributed by atoms with Gasteiger partial charge in [0.05, 0.1) is 7.11 Å². The summed E-state index contributed by atoms with van der Waals surface area (Å²) < 4.78 is 10.8. The van der Waals surface area contributed by atoms with Crippen molar-refractivity contribution >= 4 is 5.91 Å². The standard InChI is InChI=1S/C14H14N2O3/c1-18-11-5-3-7-13(9-11)19-12-6-2-4-10(8-12)14(17)16-15/h2-9H,15H2,1H3,(H,16,17). The highest BCUT2D eigenvalue weighted by molar-refractivity contribution is 5.94. The fourth-order valence-electron chi connectivity index (χ4n) is 1.58. The third kappa shape index (κ3) is 3.23. The highest BCUT2D eigenvalue weighted by Gasteiger charge is 2.05. The lowest BCUT2D eigenvalue weighted by Crippen LogP contribution is -2.29. The van der Waals surface area contributed by atoms with Crippen LogP contribution in [0.3, 0.4) is 0 Å². The predicted molar refractivity (Wildman–Crippen MR) is 71.2 cm³/mol. The summed E-state index contributed by atoms with van der Waals surface area (Å²) in [5, 5.41) is 0. The number of carbonyl (C=O) groups excluding carboxylic acids is 1. The third-order valence-corrected chi connectivity index (χ3v) is 2.50. The Morgan fingerprint density at radius 3 is 2.37 bits per heavy atom. The van der Waals surface area contributed by atoms with E-state index in [1.165, 1.54) is 0 Å². The van der Waals surface area contributed by atoms with Gasteiger partial charge in [-0.15, -0.1) is 0 Å². The van der Waals surface area contributed by atoms with E-state index in [1.807, 2.05) is 12.1 Å². The molecular formula is C14H14N2O3. The molecule has 0 bridgehead atoms. The zero-order chi connectivity index (χ0) is 13.7. The van der Waals surface area contributed by atoms with Crippen LogP contribution in [0.15, 0.2) is 48.5 Å². The summed E-state index contributed by atoms with van der Waals surface area (Å²) in [4.78, 5) is 11.4. The Morgan fingerprint density at radius 1 is 1.05 bits per heavy atom. The average Bonchev–Trinajstić information content (AvgIpc) is 2.47. The fourth-order valence-corrected chi connectivity index (χ4v) is 1.58. The molecule has 0 unspecified atom stereocenters. The molecule has 1 amide bonds. The molecule has 98 valence electrons. The van der Waals surface area contributed by atoms with Crippen LogP contribution in [0.1, 0.15) is 10.4 Å². The van der Waals surface area contributed by atoms with E-state index in [-0.39, 0.29) is 5.91 Å². The zero-order valence-electron chi connectivity index (χ0n) is 10.4. The second-order valence-corrected chi connectivity index (χ2v) is 3.78. The maximum Gasteiger partial charge on any atom is 0.265 e. The van der Waals surface area contributed by atoms with Crippen LogP contribution >= 0.6 is 0 Å². The zero-order valence-corrected chi connectivity index (χ0v) is 10.4. The van der Waals surface area contributed by atoms with E-state index >= 15 is 0 Å². The normalized spacial score (nSPS) is 9.79. The quantitative estimate of drug-likeness (QED) is 0.500. The lowest BCUT2D eigenvalue weighted by Gasteiger charge is -2.08. The predicted octanol–water partition coefficient (Wildman–Crippen LogP) is 2.09. The fraction of sp³-hybridized carbons (Fsp3) is 0.0714. The van der Waals surface area contributed by atoms with Crippen molar-refractivity contribution < 1.29 is 14.3 Å². The molecule has 0 aliphatic carbocycles. The maximum atomic E-state index is 11.4. The molecule has 2 aromatic rings.